The van der Waals surface area contributed by atoms with E-state index in [1.807, 2.05) is 32.0 Å². The summed E-state index contributed by atoms with van der Waals surface area (Å²) in [6.45, 7) is 4.01. The fourth-order valence-corrected chi connectivity index (χ4v) is 2.71. The third-order valence-corrected chi connectivity index (χ3v) is 4.26. The summed E-state index contributed by atoms with van der Waals surface area (Å²) in [5.41, 5.74) is 3.97. The molecule has 8 heteroatoms. The highest BCUT2D eigenvalue weighted by Gasteiger charge is 2.11. The first kappa shape index (κ1) is 18.6. The van der Waals surface area contributed by atoms with Crippen molar-refractivity contribution < 1.29 is 9.53 Å². The molecule has 2 aromatic carbocycles. The molecule has 0 aliphatic carbocycles. The van der Waals surface area contributed by atoms with Gasteiger partial charge in [0.15, 0.2) is 5.82 Å². The molecule has 138 valence electrons. The van der Waals surface area contributed by atoms with Crippen molar-refractivity contribution in [3.63, 3.8) is 0 Å². The van der Waals surface area contributed by atoms with E-state index < -0.39 is 5.97 Å². The number of rotatable bonds is 5. The smallest absolute Gasteiger partial charge is 0.337 e. The van der Waals surface area contributed by atoms with E-state index in [9.17, 15) is 4.79 Å². The first-order chi connectivity index (χ1) is 13.0. The number of carbonyl (C=O) groups excluding carboxylic acids is 1. The molecule has 3 aromatic rings. The summed E-state index contributed by atoms with van der Waals surface area (Å²) in [5, 5.41) is 14.7. The van der Waals surface area contributed by atoms with Crippen molar-refractivity contribution in [2.75, 3.05) is 17.7 Å². The fraction of sp³-hybridized carbons (Fsp3) is 0.158. The number of nitrogens with zero attached hydrogens (tertiary/aromatic N) is 3. The van der Waals surface area contributed by atoms with Crippen LogP contribution in [0.25, 0.3) is 0 Å². The van der Waals surface area contributed by atoms with Crippen LogP contribution in [0.3, 0.4) is 0 Å². The van der Waals surface area contributed by atoms with Crippen LogP contribution >= 0.6 is 11.6 Å². The number of methoxy groups -OCH3 is 1. The van der Waals surface area contributed by atoms with Gasteiger partial charge in [-0.1, -0.05) is 29.8 Å². The Morgan fingerprint density at radius 1 is 1.11 bits per heavy atom. The maximum absolute atomic E-state index is 11.7. The van der Waals surface area contributed by atoms with Gasteiger partial charge in [-0.25, -0.2) is 4.79 Å². The third kappa shape index (κ3) is 4.32. The van der Waals surface area contributed by atoms with Crippen LogP contribution in [0.5, 0.6) is 0 Å². The van der Waals surface area contributed by atoms with E-state index in [1.54, 1.807) is 18.2 Å². The molecule has 1 aromatic heterocycles. The second kappa shape index (κ2) is 8.01. The van der Waals surface area contributed by atoms with Crippen LogP contribution in [-0.4, -0.2) is 28.3 Å². The topological polar surface area (TPSA) is 89.0 Å². The average Bonchev–Trinajstić information content (AvgIpc) is 2.66. The lowest BCUT2D eigenvalue weighted by molar-refractivity contribution is 0.0601. The van der Waals surface area contributed by atoms with Crippen LogP contribution < -0.4 is 10.6 Å². The molecule has 0 bridgehead atoms. The van der Waals surface area contributed by atoms with Crippen LogP contribution in [0, 0.1) is 13.8 Å². The lowest BCUT2D eigenvalue weighted by Crippen LogP contribution is -2.05. The van der Waals surface area contributed by atoms with Crippen molar-refractivity contribution in [2.45, 2.75) is 13.8 Å². The Morgan fingerprint density at radius 3 is 2.56 bits per heavy atom. The highest BCUT2D eigenvalue weighted by atomic mass is 35.5. The largest absolute Gasteiger partial charge is 0.465 e. The van der Waals surface area contributed by atoms with E-state index in [4.69, 9.17) is 16.3 Å². The molecular formula is C19H18ClN5O2. The number of hydrogen-bond acceptors (Lipinski definition) is 7. The molecule has 27 heavy (non-hydrogen) atoms. The van der Waals surface area contributed by atoms with Crippen molar-refractivity contribution in [1.29, 1.82) is 0 Å². The summed E-state index contributed by atoms with van der Waals surface area (Å²) in [4.78, 5) is 16.1. The summed E-state index contributed by atoms with van der Waals surface area (Å²) >= 11 is 6.21. The van der Waals surface area contributed by atoms with E-state index in [2.05, 4.69) is 25.8 Å². The van der Waals surface area contributed by atoms with Crippen molar-refractivity contribution in [3.8, 4) is 0 Å². The Bertz CT molecular complexity index is 973. The van der Waals surface area contributed by atoms with Crippen molar-refractivity contribution in [1.82, 2.24) is 15.2 Å². The molecule has 0 unspecified atom stereocenters. The van der Waals surface area contributed by atoms with Crippen LogP contribution in [-0.2, 0) is 4.74 Å². The first-order valence-electron chi connectivity index (χ1n) is 8.16. The number of ether oxygens (including phenoxy) is 1. The standard InChI is InChI=1S/C19H18ClN5O2/c1-11-5-4-6-12(2)17(11)24-19-23-16(10-21-25-19)22-15-9-13(18(26)27-3)7-8-14(15)20/h4-10H,1-3H3,(H2,22,23,24,25). The number of esters is 1. The maximum atomic E-state index is 11.7. The molecule has 0 saturated carbocycles. The van der Waals surface area contributed by atoms with Gasteiger partial charge < -0.3 is 15.4 Å². The number of anilines is 4. The number of nitrogens with one attached hydrogen (secondary N) is 2. The molecule has 0 spiro atoms. The SMILES string of the molecule is COC(=O)c1ccc(Cl)c(Nc2cnnc(Nc3c(C)cccc3C)n2)c1. The van der Waals surface area contributed by atoms with Gasteiger partial charge in [-0.2, -0.15) is 10.1 Å². The predicted octanol–water partition coefficient (Wildman–Crippen LogP) is 4.42. The Labute approximate surface area is 161 Å². The maximum Gasteiger partial charge on any atom is 0.337 e. The highest BCUT2D eigenvalue weighted by Crippen LogP contribution is 2.27. The van der Waals surface area contributed by atoms with Gasteiger partial charge in [-0.05, 0) is 43.2 Å². The summed E-state index contributed by atoms with van der Waals surface area (Å²) < 4.78 is 4.73. The van der Waals surface area contributed by atoms with E-state index in [1.165, 1.54) is 13.3 Å². The minimum atomic E-state index is -0.451. The van der Waals surface area contributed by atoms with Crippen molar-refractivity contribution in [3.05, 3.63) is 64.3 Å². The Kier molecular flexibility index (Phi) is 5.52. The minimum absolute atomic E-state index is 0.345. The molecule has 0 aliphatic heterocycles. The van der Waals surface area contributed by atoms with Crippen LogP contribution in [0.2, 0.25) is 5.02 Å². The number of aryl methyl sites for hydroxylation is 2. The second-order valence-electron chi connectivity index (χ2n) is 5.87. The highest BCUT2D eigenvalue weighted by molar-refractivity contribution is 6.33. The van der Waals surface area contributed by atoms with Crippen molar-refractivity contribution in [2.24, 2.45) is 0 Å². The molecule has 0 saturated heterocycles. The molecule has 1 heterocycles. The molecule has 0 radical (unpaired) electrons. The van der Waals surface area contributed by atoms with E-state index in [-0.39, 0.29) is 0 Å². The van der Waals surface area contributed by atoms with E-state index >= 15 is 0 Å². The summed E-state index contributed by atoms with van der Waals surface area (Å²) in [6.07, 6.45) is 1.47. The molecule has 7 nitrogen and oxygen atoms in total. The lowest BCUT2D eigenvalue weighted by Gasteiger charge is -2.12. The number of carbonyl (C=O) groups is 1. The molecule has 0 aliphatic rings. The van der Waals surface area contributed by atoms with E-state index in [0.29, 0.717) is 28.0 Å². The number of halogens is 1. The summed E-state index contributed by atoms with van der Waals surface area (Å²) in [7, 11) is 1.32. The van der Waals surface area contributed by atoms with Gasteiger partial charge in [0.2, 0.25) is 5.95 Å². The molecule has 2 N–H and O–H groups in total. The number of aromatic nitrogens is 3. The molecule has 0 fully saturated rings. The van der Waals surface area contributed by atoms with Crippen molar-refractivity contribution >= 4 is 40.7 Å². The van der Waals surface area contributed by atoms with Gasteiger partial charge in [-0.3, -0.25) is 0 Å². The molecule has 3 rings (SSSR count). The quantitative estimate of drug-likeness (QED) is 0.630. The zero-order valence-electron chi connectivity index (χ0n) is 15.1. The Hall–Kier alpha value is -3.19. The predicted molar refractivity (Wildman–Crippen MR) is 105 cm³/mol. The van der Waals surface area contributed by atoms with Gasteiger partial charge in [0.05, 0.1) is 29.6 Å². The summed E-state index contributed by atoms with van der Waals surface area (Å²) in [5.74, 6) is 0.327. The van der Waals surface area contributed by atoms with Gasteiger partial charge in [0.25, 0.3) is 0 Å². The minimum Gasteiger partial charge on any atom is -0.465 e. The Balaban J connectivity index is 1.85. The third-order valence-electron chi connectivity index (χ3n) is 3.93. The van der Waals surface area contributed by atoms with Gasteiger partial charge in [-0.15, -0.1) is 5.10 Å². The second-order valence-corrected chi connectivity index (χ2v) is 6.28. The zero-order valence-corrected chi connectivity index (χ0v) is 15.8. The van der Waals surface area contributed by atoms with Gasteiger partial charge >= 0.3 is 5.97 Å². The van der Waals surface area contributed by atoms with Crippen LogP contribution in [0.1, 0.15) is 21.5 Å². The normalized spacial score (nSPS) is 10.4. The van der Waals surface area contributed by atoms with Gasteiger partial charge in [0.1, 0.15) is 0 Å². The molecular weight excluding hydrogens is 366 g/mol. The van der Waals surface area contributed by atoms with Gasteiger partial charge in [0, 0.05) is 5.69 Å². The number of hydrogen-bond donors (Lipinski definition) is 2. The molecule has 0 atom stereocenters. The monoisotopic (exact) mass is 383 g/mol. The average molecular weight is 384 g/mol. The summed E-state index contributed by atoms with van der Waals surface area (Å²) in [6, 6.07) is 10.8. The zero-order chi connectivity index (χ0) is 19.4. The van der Waals surface area contributed by atoms with Crippen LogP contribution in [0.15, 0.2) is 42.6 Å². The first-order valence-corrected chi connectivity index (χ1v) is 8.53. The van der Waals surface area contributed by atoms with Crippen LogP contribution in [0.4, 0.5) is 23.1 Å². The van der Waals surface area contributed by atoms with E-state index in [0.717, 1.165) is 16.8 Å². The number of para-hydroxylation sites is 1. The fourth-order valence-electron chi connectivity index (χ4n) is 2.54. The lowest BCUT2D eigenvalue weighted by atomic mass is 10.1. The Morgan fingerprint density at radius 2 is 1.85 bits per heavy atom. The molecule has 0 amide bonds. The number of benzene rings is 2.